The SMILES string of the molecule is COC(=O)c1c(F)cnc(F)c1C(F)F. The van der Waals surface area contributed by atoms with Gasteiger partial charge in [0.15, 0.2) is 5.82 Å². The normalized spacial score (nSPS) is 10.5. The van der Waals surface area contributed by atoms with Crippen molar-refractivity contribution in [3.05, 3.63) is 29.1 Å². The Bertz CT molecular complexity index is 394. The Hall–Kier alpha value is -1.66. The Kier molecular flexibility index (Phi) is 3.23. The lowest BCUT2D eigenvalue weighted by Gasteiger charge is -2.07. The molecule has 0 unspecified atom stereocenters. The van der Waals surface area contributed by atoms with Crippen LogP contribution >= 0.6 is 0 Å². The lowest BCUT2D eigenvalue weighted by atomic mass is 10.1. The van der Waals surface area contributed by atoms with Crippen LogP contribution in [0.25, 0.3) is 0 Å². The number of carbonyl (C=O) groups is 1. The number of halogens is 4. The van der Waals surface area contributed by atoms with Crippen LogP contribution in [0.2, 0.25) is 0 Å². The number of carbonyl (C=O) groups excluding carboxylic acids is 1. The maximum absolute atomic E-state index is 13.0. The van der Waals surface area contributed by atoms with Crippen molar-refractivity contribution >= 4 is 5.97 Å². The average molecular weight is 223 g/mol. The maximum Gasteiger partial charge on any atom is 0.341 e. The summed E-state index contributed by atoms with van der Waals surface area (Å²) in [7, 11) is 0.870. The molecule has 0 aliphatic rings. The molecule has 0 aromatic carbocycles. The highest BCUT2D eigenvalue weighted by atomic mass is 19.3. The molecular weight excluding hydrogens is 218 g/mol. The van der Waals surface area contributed by atoms with Crippen molar-refractivity contribution in [2.24, 2.45) is 0 Å². The molecule has 0 amide bonds. The van der Waals surface area contributed by atoms with Crippen molar-refractivity contribution in [1.82, 2.24) is 4.98 Å². The van der Waals surface area contributed by atoms with Gasteiger partial charge in [0.1, 0.15) is 5.56 Å². The predicted octanol–water partition coefficient (Wildman–Crippen LogP) is 2.08. The zero-order valence-corrected chi connectivity index (χ0v) is 7.43. The second-order valence-electron chi connectivity index (χ2n) is 2.48. The number of pyridine rings is 1. The third-order valence-electron chi connectivity index (χ3n) is 1.63. The predicted molar refractivity (Wildman–Crippen MR) is 40.4 cm³/mol. The number of nitrogens with zero attached hydrogens (tertiary/aromatic N) is 1. The van der Waals surface area contributed by atoms with Gasteiger partial charge in [0.2, 0.25) is 5.95 Å². The number of hydrogen-bond acceptors (Lipinski definition) is 3. The molecule has 1 aromatic heterocycles. The van der Waals surface area contributed by atoms with E-state index >= 15 is 0 Å². The number of aromatic nitrogens is 1. The summed E-state index contributed by atoms with van der Waals surface area (Å²) < 4.78 is 54.5. The summed E-state index contributed by atoms with van der Waals surface area (Å²) in [5.41, 5.74) is -2.51. The summed E-state index contributed by atoms with van der Waals surface area (Å²) in [5.74, 6) is -4.31. The molecule has 0 N–H and O–H groups in total. The lowest BCUT2D eigenvalue weighted by molar-refractivity contribution is 0.0580. The van der Waals surface area contributed by atoms with Gasteiger partial charge in [-0.2, -0.15) is 4.39 Å². The highest BCUT2D eigenvalue weighted by Crippen LogP contribution is 2.26. The highest BCUT2D eigenvalue weighted by Gasteiger charge is 2.27. The van der Waals surface area contributed by atoms with Crippen LogP contribution in [0.4, 0.5) is 17.6 Å². The number of rotatable bonds is 2. The number of methoxy groups -OCH3 is 1. The van der Waals surface area contributed by atoms with Gasteiger partial charge in [0, 0.05) is 0 Å². The first-order valence-electron chi connectivity index (χ1n) is 3.69. The molecule has 0 fully saturated rings. The van der Waals surface area contributed by atoms with Gasteiger partial charge in [-0.3, -0.25) is 0 Å². The van der Waals surface area contributed by atoms with Crippen LogP contribution in [0, 0.1) is 11.8 Å². The largest absolute Gasteiger partial charge is 0.465 e. The zero-order valence-electron chi connectivity index (χ0n) is 7.43. The van der Waals surface area contributed by atoms with Gasteiger partial charge in [0.25, 0.3) is 6.43 Å². The first-order valence-corrected chi connectivity index (χ1v) is 3.69. The van der Waals surface area contributed by atoms with Gasteiger partial charge in [-0.1, -0.05) is 0 Å². The molecule has 1 rings (SSSR count). The molecule has 0 atom stereocenters. The zero-order chi connectivity index (χ0) is 11.6. The quantitative estimate of drug-likeness (QED) is 0.437. The molecule has 0 saturated heterocycles. The first-order chi connectivity index (χ1) is 6.99. The number of esters is 1. The smallest absolute Gasteiger partial charge is 0.341 e. The fourth-order valence-corrected chi connectivity index (χ4v) is 0.988. The third-order valence-corrected chi connectivity index (χ3v) is 1.63. The number of alkyl halides is 2. The van der Waals surface area contributed by atoms with Crippen molar-refractivity contribution in [1.29, 1.82) is 0 Å². The minimum atomic E-state index is -3.35. The fraction of sp³-hybridized carbons (Fsp3) is 0.250. The van der Waals surface area contributed by atoms with E-state index in [0.717, 1.165) is 7.11 Å². The van der Waals surface area contributed by atoms with Crippen molar-refractivity contribution in [2.45, 2.75) is 6.43 Å². The maximum atomic E-state index is 13.0. The highest BCUT2D eigenvalue weighted by molar-refractivity contribution is 5.91. The fourth-order valence-electron chi connectivity index (χ4n) is 0.988. The monoisotopic (exact) mass is 223 g/mol. The van der Waals surface area contributed by atoms with Gasteiger partial charge < -0.3 is 4.74 Å². The van der Waals surface area contributed by atoms with E-state index in [0.29, 0.717) is 6.20 Å². The van der Waals surface area contributed by atoms with Crippen LogP contribution in [0.1, 0.15) is 22.3 Å². The molecular formula is C8H5F4NO2. The Morgan fingerprint density at radius 2 is 2.07 bits per heavy atom. The molecule has 0 aliphatic carbocycles. The molecule has 1 aromatic rings. The van der Waals surface area contributed by atoms with Gasteiger partial charge in [-0.15, -0.1) is 0 Å². The van der Waals surface area contributed by atoms with Gasteiger partial charge in [0.05, 0.1) is 18.9 Å². The molecule has 0 radical (unpaired) electrons. The summed E-state index contributed by atoms with van der Waals surface area (Å²) in [6.45, 7) is 0. The topological polar surface area (TPSA) is 39.2 Å². The van der Waals surface area contributed by atoms with Crippen molar-refractivity contribution < 1.29 is 27.1 Å². The van der Waals surface area contributed by atoms with Crippen LogP contribution in [-0.2, 0) is 4.74 Å². The minimum Gasteiger partial charge on any atom is -0.465 e. The molecule has 1 heterocycles. The van der Waals surface area contributed by atoms with Crippen LogP contribution in [-0.4, -0.2) is 18.1 Å². The molecule has 0 aliphatic heterocycles. The minimum absolute atomic E-state index is 0.341. The van der Waals surface area contributed by atoms with E-state index in [1.54, 1.807) is 0 Å². The standard InChI is InChI=1S/C8H5F4NO2/c1-15-8(14)4-3(9)2-13-7(12)5(4)6(10)11/h2,6H,1H3. The number of ether oxygens (including phenoxy) is 1. The summed E-state index contributed by atoms with van der Waals surface area (Å²) >= 11 is 0. The molecule has 7 heteroatoms. The summed E-state index contributed by atoms with van der Waals surface area (Å²) in [6.07, 6.45) is -3.00. The summed E-state index contributed by atoms with van der Waals surface area (Å²) in [4.78, 5) is 13.7. The van der Waals surface area contributed by atoms with Gasteiger partial charge in [-0.05, 0) is 0 Å². The van der Waals surface area contributed by atoms with E-state index in [9.17, 15) is 22.4 Å². The van der Waals surface area contributed by atoms with Crippen LogP contribution in [0.15, 0.2) is 6.20 Å². The Morgan fingerprint density at radius 1 is 1.47 bits per heavy atom. The van der Waals surface area contributed by atoms with E-state index in [2.05, 4.69) is 9.72 Å². The molecule has 0 saturated carbocycles. The van der Waals surface area contributed by atoms with E-state index in [1.165, 1.54) is 0 Å². The van der Waals surface area contributed by atoms with Crippen molar-refractivity contribution in [3.63, 3.8) is 0 Å². The van der Waals surface area contributed by atoms with Crippen molar-refractivity contribution in [2.75, 3.05) is 7.11 Å². The van der Waals surface area contributed by atoms with Crippen LogP contribution in [0.3, 0.4) is 0 Å². The van der Waals surface area contributed by atoms with Gasteiger partial charge >= 0.3 is 5.97 Å². The lowest BCUT2D eigenvalue weighted by Crippen LogP contribution is -2.12. The molecule has 82 valence electrons. The summed E-state index contributed by atoms with van der Waals surface area (Å²) in [6, 6.07) is 0. The van der Waals surface area contributed by atoms with Gasteiger partial charge in [-0.25, -0.2) is 22.9 Å². The second-order valence-corrected chi connectivity index (χ2v) is 2.48. The number of hydrogen-bond donors (Lipinski definition) is 0. The van der Waals surface area contributed by atoms with E-state index < -0.39 is 35.3 Å². The first kappa shape index (κ1) is 11.4. The third kappa shape index (κ3) is 2.05. The van der Waals surface area contributed by atoms with Crippen molar-refractivity contribution in [3.8, 4) is 0 Å². The van der Waals surface area contributed by atoms with E-state index in [1.807, 2.05) is 0 Å². The average Bonchev–Trinajstić information content (AvgIpc) is 2.19. The van der Waals surface area contributed by atoms with E-state index in [4.69, 9.17) is 0 Å². The molecule has 0 spiro atoms. The van der Waals surface area contributed by atoms with Crippen LogP contribution < -0.4 is 0 Å². The summed E-state index contributed by atoms with van der Waals surface area (Å²) in [5, 5.41) is 0. The van der Waals surface area contributed by atoms with Crippen LogP contribution in [0.5, 0.6) is 0 Å². The molecule has 3 nitrogen and oxygen atoms in total. The Balaban J connectivity index is 3.45. The Morgan fingerprint density at radius 3 is 2.53 bits per heavy atom. The van der Waals surface area contributed by atoms with E-state index in [-0.39, 0.29) is 0 Å². The molecule has 15 heavy (non-hydrogen) atoms. The molecule has 0 bridgehead atoms. The Labute approximate surface area is 81.7 Å². The second kappa shape index (κ2) is 4.24.